The molecule has 0 aliphatic carbocycles. The minimum absolute atomic E-state index is 0.181. The van der Waals surface area contributed by atoms with Gasteiger partial charge < -0.3 is 20.1 Å². The van der Waals surface area contributed by atoms with Crippen LogP contribution in [-0.4, -0.2) is 55.4 Å². The number of carbonyl (C=O) groups is 2. The first kappa shape index (κ1) is 15.8. The first-order chi connectivity index (χ1) is 8.95. The van der Waals surface area contributed by atoms with Gasteiger partial charge in [-0.25, -0.2) is 4.79 Å². The molecule has 1 saturated heterocycles. The smallest absolute Gasteiger partial charge is 0.317 e. The summed E-state index contributed by atoms with van der Waals surface area (Å²) >= 11 is 0. The molecule has 0 bridgehead atoms. The van der Waals surface area contributed by atoms with Crippen molar-refractivity contribution in [2.75, 3.05) is 33.4 Å². The van der Waals surface area contributed by atoms with Crippen LogP contribution in [0.2, 0.25) is 0 Å². The topological polar surface area (TPSA) is 78.9 Å². The van der Waals surface area contributed by atoms with Gasteiger partial charge in [-0.2, -0.15) is 0 Å². The maximum atomic E-state index is 12.0. The van der Waals surface area contributed by atoms with Crippen molar-refractivity contribution in [3.63, 3.8) is 0 Å². The number of urea groups is 1. The van der Waals surface area contributed by atoms with Crippen molar-refractivity contribution in [3.05, 3.63) is 0 Å². The van der Waals surface area contributed by atoms with Crippen molar-refractivity contribution in [2.24, 2.45) is 11.3 Å². The highest BCUT2D eigenvalue weighted by Gasteiger charge is 2.44. The summed E-state index contributed by atoms with van der Waals surface area (Å²) in [5, 5.41) is 12.1. The van der Waals surface area contributed by atoms with Gasteiger partial charge in [0.15, 0.2) is 0 Å². The average Bonchev–Trinajstić information content (AvgIpc) is 2.82. The number of carboxylic acids is 1. The minimum Gasteiger partial charge on any atom is -0.481 e. The third-order valence-electron chi connectivity index (χ3n) is 3.82. The Morgan fingerprint density at radius 3 is 2.68 bits per heavy atom. The van der Waals surface area contributed by atoms with Gasteiger partial charge in [-0.05, 0) is 18.8 Å². The maximum absolute atomic E-state index is 12.0. The van der Waals surface area contributed by atoms with Crippen molar-refractivity contribution in [1.29, 1.82) is 0 Å². The second kappa shape index (κ2) is 6.75. The highest BCUT2D eigenvalue weighted by atomic mass is 16.5. The van der Waals surface area contributed by atoms with Gasteiger partial charge in [0.05, 0.1) is 12.0 Å². The van der Waals surface area contributed by atoms with Gasteiger partial charge in [0.1, 0.15) is 0 Å². The second-order valence-corrected chi connectivity index (χ2v) is 5.36. The first-order valence-corrected chi connectivity index (χ1v) is 6.70. The lowest BCUT2D eigenvalue weighted by molar-refractivity contribution is -0.148. The van der Waals surface area contributed by atoms with E-state index in [4.69, 9.17) is 4.74 Å². The third-order valence-corrected chi connectivity index (χ3v) is 3.82. The normalized spacial score (nSPS) is 24.3. The predicted octanol–water partition coefficient (Wildman–Crippen LogP) is 1.17. The number of nitrogens with one attached hydrogen (secondary N) is 1. The van der Waals surface area contributed by atoms with E-state index in [1.807, 2.05) is 13.8 Å². The molecule has 0 spiro atoms. The number of amides is 2. The summed E-state index contributed by atoms with van der Waals surface area (Å²) in [5.41, 5.74) is -0.768. The molecule has 0 aromatic rings. The van der Waals surface area contributed by atoms with E-state index in [-0.39, 0.29) is 11.9 Å². The van der Waals surface area contributed by atoms with E-state index < -0.39 is 11.4 Å². The summed E-state index contributed by atoms with van der Waals surface area (Å²) in [6.45, 7) is 5.77. The molecule has 2 unspecified atom stereocenters. The Morgan fingerprint density at radius 1 is 1.53 bits per heavy atom. The summed E-state index contributed by atoms with van der Waals surface area (Å²) in [6, 6.07) is -0.181. The molecule has 0 saturated carbocycles. The van der Waals surface area contributed by atoms with Crippen molar-refractivity contribution >= 4 is 12.0 Å². The zero-order valence-corrected chi connectivity index (χ0v) is 11.9. The largest absolute Gasteiger partial charge is 0.481 e. The van der Waals surface area contributed by atoms with Crippen LogP contribution in [0.15, 0.2) is 0 Å². The fraction of sp³-hybridized carbons (Fsp3) is 0.846. The Hall–Kier alpha value is -1.30. The van der Waals surface area contributed by atoms with Crippen LogP contribution in [0.1, 0.15) is 26.7 Å². The molecule has 1 aliphatic heterocycles. The molecule has 1 fully saturated rings. The molecule has 110 valence electrons. The number of carbonyl (C=O) groups excluding carboxylic acids is 1. The number of hydrogen-bond acceptors (Lipinski definition) is 3. The Bertz CT molecular complexity index is 335. The molecule has 2 atom stereocenters. The van der Waals surface area contributed by atoms with E-state index in [1.165, 1.54) is 0 Å². The predicted molar refractivity (Wildman–Crippen MR) is 71.0 cm³/mol. The quantitative estimate of drug-likeness (QED) is 0.760. The summed E-state index contributed by atoms with van der Waals surface area (Å²) in [6.07, 6.45) is 1.08. The number of hydrogen-bond donors (Lipinski definition) is 2. The lowest BCUT2D eigenvalue weighted by Crippen LogP contribution is -2.43. The summed E-state index contributed by atoms with van der Waals surface area (Å²) < 4.78 is 5.00. The van der Waals surface area contributed by atoms with Crippen LogP contribution in [0, 0.1) is 11.3 Å². The van der Waals surface area contributed by atoms with E-state index in [0.29, 0.717) is 39.1 Å². The molecule has 2 amide bonds. The fourth-order valence-electron chi connectivity index (χ4n) is 2.38. The van der Waals surface area contributed by atoms with Gasteiger partial charge in [-0.1, -0.05) is 13.8 Å². The average molecular weight is 272 g/mol. The van der Waals surface area contributed by atoms with Crippen molar-refractivity contribution in [1.82, 2.24) is 10.2 Å². The first-order valence-electron chi connectivity index (χ1n) is 6.70. The Balaban J connectivity index is 2.46. The molecule has 19 heavy (non-hydrogen) atoms. The SMILES string of the molecule is CCC1(C(=O)O)CCN(C(=O)NCC(C)COC)C1. The molecule has 1 heterocycles. The number of nitrogens with zero attached hydrogens (tertiary/aromatic N) is 1. The molecule has 6 heteroatoms. The van der Waals surface area contributed by atoms with Gasteiger partial charge in [0.25, 0.3) is 0 Å². The highest BCUT2D eigenvalue weighted by Crippen LogP contribution is 2.34. The second-order valence-electron chi connectivity index (χ2n) is 5.36. The lowest BCUT2D eigenvalue weighted by atomic mass is 9.84. The van der Waals surface area contributed by atoms with E-state index >= 15 is 0 Å². The van der Waals surface area contributed by atoms with Gasteiger partial charge in [0.2, 0.25) is 0 Å². The Kier molecular flexibility index (Phi) is 5.60. The van der Waals surface area contributed by atoms with E-state index in [1.54, 1.807) is 12.0 Å². The third kappa shape index (κ3) is 3.83. The fourth-order valence-corrected chi connectivity index (χ4v) is 2.38. The van der Waals surface area contributed by atoms with E-state index in [0.717, 1.165) is 0 Å². The summed E-state index contributed by atoms with van der Waals surface area (Å²) in [4.78, 5) is 24.9. The van der Waals surface area contributed by atoms with Crippen LogP contribution in [0.25, 0.3) is 0 Å². The number of rotatable bonds is 6. The van der Waals surface area contributed by atoms with Gasteiger partial charge in [-0.15, -0.1) is 0 Å². The highest BCUT2D eigenvalue weighted by molar-refractivity contribution is 5.79. The molecule has 0 radical (unpaired) electrons. The van der Waals surface area contributed by atoms with Gasteiger partial charge in [0, 0.05) is 26.7 Å². The van der Waals surface area contributed by atoms with Crippen LogP contribution < -0.4 is 5.32 Å². The number of methoxy groups -OCH3 is 1. The molecular formula is C13H24N2O4. The zero-order chi connectivity index (χ0) is 14.5. The van der Waals surface area contributed by atoms with Crippen LogP contribution in [0.3, 0.4) is 0 Å². The molecule has 0 aromatic carbocycles. The van der Waals surface area contributed by atoms with E-state index in [2.05, 4.69) is 5.32 Å². The number of likely N-dealkylation sites (tertiary alicyclic amines) is 1. The van der Waals surface area contributed by atoms with Crippen LogP contribution in [-0.2, 0) is 9.53 Å². The zero-order valence-electron chi connectivity index (χ0n) is 11.9. The van der Waals surface area contributed by atoms with Crippen LogP contribution in [0.4, 0.5) is 4.79 Å². The van der Waals surface area contributed by atoms with Crippen LogP contribution in [0.5, 0.6) is 0 Å². The van der Waals surface area contributed by atoms with Crippen molar-refractivity contribution < 1.29 is 19.4 Å². The van der Waals surface area contributed by atoms with Gasteiger partial charge >= 0.3 is 12.0 Å². The van der Waals surface area contributed by atoms with Crippen LogP contribution >= 0.6 is 0 Å². The Morgan fingerprint density at radius 2 is 2.21 bits per heavy atom. The molecule has 1 aliphatic rings. The number of carboxylic acid groups (broad SMARTS) is 1. The number of aliphatic carboxylic acids is 1. The molecule has 0 aromatic heterocycles. The summed E-state index contributed by atoms with van der Waals surface area (Å²) in [7, 11) is 1.63. The van der Waals surface area contributed by atoms with Crippen molar-refractivity contribution in [3.8, 4) is 0 Å². The Labute approximate surface area is 114 Å². The molecule has 2 N–H and O–H groups in total. The number of ether oxygens (including phenoxy) is 1. The molecular weight excluding hydrogens is 248 g/mol. The van der Waals surface area contributed by atoms with Crippen molar-refractivity contribution in [2.45, 2.75) is 26.7 Å². The minimum atomic E-state index is -0.807. The van der Waals surface area contributed by atoms with E-state index in [9.17, 15) is 14.7 Å². The molecule has 6 nitrogen and oxygen atoms in total. The van der Waals surface area contributed by atoms with Gasteiger partial charge in [-0.3, -0.25) is 4.79 Å². The lowest BCUT2D eigenvalue weighted by Gasteiger charge is -2.23. The monoisotopic (exact) mass is 272 g/mol. The molecule has 1 rings (SSSR count). The maximum Gasteiger partial charge on any atom is 0.317 e. The summed E-state index contributed by atoms with van der Waals surface area (Å²) in [5.74, 6) is -0.565. The standard InChI is InChI=1S/C13H24N2O4/c1-4-13(11(16)17)5-6-15(9-13)12(18)14-7-10(2)8-19-3/h10H,4-9H2,1-3H3,(H,14,18)(H,16,17).